The number of rotatable bonds is 4. The van der Waals surface area contributed by atoms with Gasteiger partial charge in [-0.1, -0.05) is 6.07 Å². The number of carboxylic acids is 1. The topological polar surface area (TPSA) is 85.3 Å². The molecule has 1 amide bonds. The Bertz CT molecular complexity index is 677. The average Bonchev–Trinajstić information content (AvgIpc) is 2.80. The lowest BCUT2D eigenvalue weighted by Gasteiger charge is -2.40. The van der Waals surface area contributed by atoms with Crippen molar-refractivity contribution in [3.63, 3.8) is 0 Å². The summed E-state index contributed by atoms with van der Waals surface area (Å²) in [5.41, 5.74) is 0.420. The molecule has 2 aliphatic heterocycles. The van der Waals surface area contributed by atoms with Gasteiger partial charge >= 0.3 is 5.97 Å². The zero-order chi connectivity index (χ0) is 18.7. The Morgan fingerprint density at radius 1 is 1.31 bits per heavy atom. The predicted molar refractivity (Wildman–Crippen MR) is 93.4 cm³/mol. The highest BCUT2D eigenvalue weighted by Crippen LogP contribution is 2.39. The molecule has 1 unspecified atom stereocenters. The van der Waals surface area contributed by atoms with Gasteiger partial charge in [-0.2, -0.15) is 0 Å². The maximum Gasteiger partial charge on any atom is 0.335 e. The third kappa shape index (κ3) is 3.41. The molecule has 142 valence electrons. The van der Waals surface area contributed by atoms with Gasteiger partial charge in [-0.15, -0.1) is 0 Å². The number of aromatic carboxylic acids is 1. The number of methoxy groups -OCH3 is 1. The minimum Gasteiger partial charge on any atom is -0.491 e. The van der Waals surface area contributed by atoms with E-state index in [-0.39, 0.29) is 17.5 Å². The first-order chi connectivity index (χ1) is 12.5. The van der Waals surface area contributed by atoms with Gasteiger partial charge < -0.3 is 24.2 Å². The Morgan fingerprint density at radius 2 is 2.04 bits per heavy atom. The minimum atomic E-state index is -0.998. The first kappa shape index (κ1) is 18.7. The number of hydrogen-bond donors (Lipinski definition) is 1. The van der Waals surface area contributed by atoms with Crippen LogP contribution in [0.25, 0.3) is 0 Å². The van der Waals surface area contributed by atoms with E-state index in [9.17, 15) is 14.7 Å². The van der Waals surface area contributed by atoms with Gasteiger partial charge in [0.1, 0.15) is 12.4 Å². The molecule has 1 aromatic carbocycles. The van der Waals surface area contributed by atoms with Crippen molar-refractivity contribution in [3.8, 4) is 5.75 Å². The number of benzene rings is 1. The molecule has 3 rings (SSSR count). The monoisotopic (exact) mass is 363 g/mol. The lowest BCUT2D eigenvalue weighted by molar-refractivity contribution is -0.155. The number of fused-ring (bicyclic) bond motifs is 1. The molecule has 26 heavy (non-hydrogen) atoms. The van der Waals surface area contributed by atoms with Crippen LogP contribution in [-0.2, 0) is 14.3 Å². The molecule has 2 aliphatic rings. The largest absolute Gasteiger partial charge is 0.491 e. The maximum absolute atomic E-state index is 13.5. The maximum atomic E-state index is 13.5. The highest BCUT2D eigenvalue weighted by Gasteiger charge is 2.44. The molecular weight excluding hydrogens is 338 g/mol. The van der Waals surface area contributed by atoms with Crippen LogP contribution in [0.2, 0.25) is 0 Å². The number of ether oxygens (including phenoxy) is 3. The zero-order valence-corrected chi connectivity index (χ0v) is 15.2. The van der Waals surface area contributed by atoms with Crippen molar-refractivity contribution >= 4 is 11.9 Å². The second kappa shape index (κ2) is 7.63. The molecule has 0 aliphatic carbocycles. The van der Waals surface area contributed by atoms with Crippen molar-refractivity contribution in [2.75, 3.05) is 40.1 Å². The fourth-order valence-corrected chi connectivity index (χ4v) is 3.79. The van der Waals surface area contributed by atoms with Crippen LogP contribution in [0.4, 0.5) is 0 Å². The van der Waals surface area contributed by atoms with E-state index in [0.717, 1.165) is 5.56 Å². The number of carbonyl (C=O) groups excluding carboxylic acids is 1. The third-order valence-electron chi connectivity index (χ3n) is 5.35. The van der Waals surface area contributed by atoms with Crippen LogP contribution in [-0.4, -0.2) is 62.0 Å². The van der Waals surface area contributed by atoms with Gasteiger partial charge in [-0.3, -0.25) is 4.79 Å². The molecule has 0 radical (unpaired) electrons. The van der Waals surface area contributed by atoms with Gasteiger partial charge in [0.05, 0.1) is 30.2 Å². The van der Waals surface area contributed by atoms with Crippen molar-refractivity contribution < 1.29 is 28.9 Å². The predicted octanol–water partition coefficient (Wildman–Crippen LogP) is 2.11. The molecule has 0 saturated carbocycles. The molecular formula is C19H25NO6. The smallest absolute Gasteiger partial charge is 0.335 e. The molecule has 2 heterocycles. The number of carbonyl (C=O) groups is 2. The first-order valence-electron chi connectivity index (χ1n) is 8.86. The van der Waals surface area contributed by atoms with E-state index >= 15 is 0 Å². The van der Waals surface area contributed by atoms with Crippen molar-refractivity contribution in [2.24, 2.45) is 5.41 Å². The molecule has 1 saturated heterocycles. The van der Waals surface area contributed by atoms with Crippen LogP contribution in [0, 0.1) is 5.41 Å². The van der Waals surface area contributed by atoms with Gasteiger partial charge in [-0.05, 0) is 31.9 Å². The second-order valence-electron chi connectivity index (χ2n) is 6.91. The summed E-state index contributed by atoms with van der Waals surface area (Å²) in [5, 5.41) is 9.18. The van der Waals surface area contributed by atoms with E-state index < -0.39 is 11.4 Å². The van der Waals surface area contributed by atoms with E-state index in [1.54, 1.807) is 19.2 Å². The van der Waals surface area contributed by atoms with Crippen LogP contribution >= 0.6 is 0 Å². The van der Waals surface area contributed by atoms with Crippen LogP contribution in [0.3, 0.4) is 0 Å². The highest BCUT2D eigenvalue weighted by molar-refractivity contribution is 5.88. The molecule has 0 bridgehead atoms. The lowest BCUT2D eigenvalue weighted by Crippen LogP contribution is -2.50. The van der Waals surface area contributed by atoms with Gasteiger partial charge in [-0.25, -0.2) is 4.79 Å². The summed E-state index contributed by atoms with van der Waals surface area (Å²) >= 11 is 0. The van der Waals surface area contributed by atoms with Crippen molar-refractivity contribution in [1.29, 1.82) is 0 Å². The first-order valence-corrected chi connectivity index (χ1v) is 8.86. The van der Waals surface area contributed by atoms with Crippen LogP contribution in [0.5, 0.6) is 5.75 Å². The molecule has 1 N–H and O–H groups in total. The van der Waals surface area contributed by atoms with Gasteiger partial charge in [0.25, 0.3) is 0 Å². The van der Waals surface area contributed by atoms with E-state index in [0.29, 0.717) is 51.6 Å². The molecule has 0 aromatic heterocycles. The Hall–Kier alpha value is -2.12. The van der Waals surface area contributed by atoms with Gasteiger partial charge in [0, 0.05) is 25.9 Å². The van der Waals surface area contributed by atoms with Crippen molar-refractivity contribution in [3.05, 3.63) is 29.3 Å². The number of amides is 1. The highest BCUT2D eigenvalue weighted by atomic mass is 16.5. The average molecular weight is 363 g/mol. The van der Waals surface area contributed by atoms with E-state index in [1.807, 2.05) is 11.8 Å². The molecule has 1 atom stereocenters. The third-order valence-corrected chi connectivity index (χ3v) is 5.35. The SMILES string of the molecule is COCC1(C(=O)N2CCOc3cc(C(=O)O)ccc3C2C)CCOCC1. The number of nitrogens with zero attached hydrogens (tertiary/aromatic N) is 1. The molecule has 1 aromatic rings. The van der Waals surface area contributed by atoms with Gasteiger partial charge in [0.15, 0.2) is 0 Å². The molecule has 0 spiro atoms. The fraction of sp³-hybridized carbons (Fsp3) is 0.579. The van der Waals surface area contributed by atoms with Crippen LogP contribution in [0.1, 0.15) is 41.7 Å². The normalized spacial score (nSPS) is 22.1. The Kier molecular flexibility index (Phi) is 5.48. The van der Waals surface area contributed by atoms with E-state index in [2.05, 4.69) is 0 Å². The summed E-state index contributed by atoms with van der Waals surface area (Å²) in [6.07, 6.45) is 1.27. The summed E-state index contributed by atoms with van der Waals surface area (Å²) < 4.78 is 16.6. The quantitative estimate of drug-likeness (QED) is 0.882. The fourth-order valence-electron chi connectivity index (χ4n) is 3.79. The summed E-state index contributed by atoms with van der Waals surface area (Å²) in [5.74, 6) is -0.420. The number of hydrogen-bond acceptors (Lipinski definition) is 5. The molecule has 7 heteroatoms. The molecule has 7 nitrogen and oxygen atoms in total. The van der Waals surface area contributed by atoms with E-state index in [4.69, 9.17) is 14.2 Å². The Labute approximate surface area is 152 Å². The van der Waals surface area contributed by atoms with Crippen LogP contribution in [0.15, 0.2) is 18.2 Å². The van der Waals surface area contributed by atoms with Gasteiger partial charge in [0.2, 0.25) is 5.91 Å². The van der Waals surface area contributed by atoms with E-state index in [1.165, 1.54) is 6.07 Å². The summed E-state index contributed by atoms with van der Waals surface area (Å²) in [6, 6.07) is 4.61. The Balaban J connectivity index is 1.90. The van der Waals surface area contributed by atoms with Crippen LogP contribution < -0.4 is 4.74 Å². The lowest BCUT2D eigenvalue weighted by atomic mass is 9.79. The summed E-state index contributed by atoms with van der Waals surface area (Å²) in [4.78, 5) is 26.5. The second-order valence-corrected chi connectivity index (χ2v) is 6.91. The Morgan fingerprint density at radius 3 is 2.69 bits per heavy atom. The standard InChI is InChI=1S/C19H25NO6/c1-13-15-4-3-14(17(21)22)11-16(15)26-10-7-20(13)18(23)19(12-24-2)5-8-25-9-6-19/h3-4,11,13H,5-10,12H2,1-2H3,(H,21,22). The summed E-state index contributed by atoms with van der Waals surface area (Å²) in [6.45, 7) is 4.18. The molecule has 1 fully saturated rings. The van der Waals surface area contributed by atoms with Crippen molar-refractivity contribution in [2.45, 2.75) is 25.8 Å². The van der Waals surface area contributed by atoms with Crippen molar-refractivity contribution in [1.82, 2.24) is 4.90 Å². The minimum absolute atomic E-state index is 0.0499. The number of carboxylic acid groups (broad SMARTS) is 1. The zero-order valence-electron chi connectivity index (χ0n) is 15.2. The summed E-state index contributed by atoms with van der Waals surface area (Å²) in [7, 11) is 1.61.